The molecule has 7 unspecified atom stereocenters. The number of ether oxygens (including phenoxy) is 3. The summed E-state index contributed by atoms with van der Waals surface area (Å²) in [5, 5.41) is 54.2. The minimum Gasteiger partial charge on any atom is -0.466 e. The summed E-state index contributed by atoms with van der Waals surface area (Å²) in [7, 11) is 0. The van der Waals surface area contributed by atoms with Crippen molar-refractivity contribution in [3.63, 3.8) is 0 Å². The quantitative estimate of drug-likeness (QED) is 0.0195. The lowest BCUT2D eigenvalue weighted by Crippen LogP contribution is -2.60. The van der Waals surface area contributed by atoms with Crippen molar-refractivity contribution >= 4 is 11.9 Å². The first-order valence-electron chi connectivity index (χ1n) is 32.9. The summed E-state index contributed by atoms with van der Waals surface area (Å²) in [6.07, 6.45) is 62.3. The summed E-state index contributed by atoms with van der Waals surface area (Å²) >= 11 is 0. The highest BCUT2D eigenvalue weighted by Crippen LogP contribution is 2.23. The molecule has 1 aliphatic rings. The maximum atomic E-state index is 13.0. The number of rotatable bonds is 57. The maximum absolute atomic E-state index is 13.0. The molecule has 6 N–H and O–H groups in total. The third-order valence-corrected chi connectivity index (χ3v) is 15.4. The summed E-state index contributed by atoms with van der Waals surface area (Å²) in [5.41, 5.74) is 0. The molecule has 11 nitrogen and oxygen atoms in total. The molecule has 0 spiro atoms. The standard InChI is InChI=1S/C67H123NO10/c1-3-5-7-9-11-13-14-15-16-25-29-32-35-39-43-47-51-55-63(72)76-56-52-48-44-40-36-33-30-27-24-22-20-18-17-19-21-23-26-28-31-34-38-42-46-50-54-62(71)68-59(60(70)53-49-45-41-37-12-10-8-6-4-2)58-77-67-66(75)65(74)64(73)61(57-69)78-67/h11,13,15-16,19,21,49,53,59-61,64-67,69-70,73-75H,3-10,12,14,17-18,20,22-48,50-52,54-58H2,1-2H3,(H,68,71)/b13-11-,16-15-,21-19-,53-49+. The average Bonchev–Trinajstić information content (AvgIpc) is 3.43. The fourth-order valence-electron chi connectivity index (χ4n) is 10.2. The molecule has 0 aromatic heterocycles. The molecule has 78 heavy (non-hydrogen) atoms. The van der Waals surface area contributed by atoms with Crippen molar-refractivity contribution in [1.82, 2.24) is 5.32 Å². The Labute approximate surface area is 478 Å². The maximum Gasteiger partial charge on any atom is 0.305 e. The van der Waals surface area contributed by atoms with Crippen LogP contribution in [-0.2, 0) is 23.8 Å². The molecule has 0 saturated carbocycles. The topological polar surface area (TPSA) is 175 Å². The number of allylic oxidation sites excluding steroid dienone is 7. The Morgan fingerprint density at radius 1 is 0.474 bits per heavy atom. The Balaban J connectivity index is 1.96. The Hall–Kier alpha value is -2.38. The van der Waals surface area contributed by atoms with Gasteiger partial charge in [-0.2, -0.15) is 0 Å². The van der Waals surface area contributed by atoms with E-state index in [1.807, 2.05) is 6.08 Å². The molecule has 1 saturated heterocycles. The third-order valence-electron chi connectivity index (χ3n) is 15.4. The van der Waals surface area contributed by atoms with Gasteiger partial charge in [0, 0.05) is 12.8 Å². The van der Waals surface area contributed by atoms with E-state index in [1.165, 1.54) is 205 Å². The van der Waals surface area contributed by atoms with Gasteiger partial charge in [-0.3, -0.25) is 9.59 Å². The van der Waals surface area contributed by atoms with Gasteiger partial charge in [-0.1, -0.05) is 249 Å². The molecule has 0 bridgehead atoms. The van der Waals surface area contributed by atoms with Gasteiger partial charge in [0.15, 0.2) is 6.29 Å². The number of amides is 1. The van der Waals surface area contributed by atoms with Crippen LogP contribution in [-0.4, -0.2) is 100 Å². The summed E-state index contributed by atoms with van der Waals surface area (Å²) in [4.78, 5) is 25.1. The largest absolute Gasteiger partial charge is 0.466 e. The monoisotopic (exact) mass is 1100 g/mol. The van der Waals surface area contributed by atoms with Crippen LogP contribution < -0.4 is 5.32 Å². The minimum atomic E-state index is -1.57. The fraction of sp³-hybridized carbons (Fsp3) is 0.851. The van der Waals surface area contributed by atoms with E-state index in [0.29, 0.717) is 19.4 Å². The van der Waals surface area contributed by atoms with E-state index in [-0.39, 0.29) is 18.5 Å². The normalized spacial score (nSPS) is 18.8. The van der Waals surface area contributed by atoms with Gasteiger partial charge in [-0.25, -0.2) is 0 Å². The van der Waals surface area contributed by atoms with Gasteiger partial charge in [0.1, 0.15) is 24.4 Å². The van der Waals surface area contributed by atoms with E-state index in [2.05, 4.69) is 55.6 Å². The van der Waals surface area contributed by atoms with Crippen molar-refractivity contribution in [3.05, 3.63) is 48.6 Å². The smallest absolute Gasteiger partial charge is 0.305 e. The Morgan fingerprint density at radius 3 is 1.33 bits per heavy atom. The summed E-state index contributed by atoms with van der Waals surface area (Å²) in [6.45, 7) is 4.29. The molecule has 1 fully saturated rings. The molecule has 0 aromatic rings. The summed E-state index contributed by atoms with van der Waals surface area (Å²) < 4.78 is 16.7. The lowest BCUT2D eigenvalue weighted by atomic mass is 9.99. The van der Waals surface area contributed by atoms with Crippen LogP contribution in [0, 0.1) is 0 Å². The van der Waals surface area contributed by atoms with E-state index in [1.54, 1.807) is 6.08 Å². The van der Waals surface area contributed by atoms with Gasteiger partial charge in [0.2, 0.25) is 5.91 Å². The molecule has 7 atom stereocenters. The van der Waals surface area contributed by atoms with Crippen LogP contribution in [0.3, 0.4) is 0 Å². The molecule has 0 radical (unpaired) electrons. The number of aliphatic hydroxyl groups is 5. The lowest BCUT2D eigenvalue weighted by molar-refractivity contribution is -0.302. The van der Waals surface area contributed by atoms with Crippen molar-refractivity contribution in [2.45, 2.75) is 346 Å². The van der Waals surface area contributed by atoms with Crippen LogP contribution >= 0.6 is 0 Å². The zero-order valence-corrected chi connectivity index (χ0v) is 50.4. The van der Waals surface area contributed by atoms with E-state index in [9.17, 15) is 35.1 Å². The Bertz CT molecular complexity index is 1430. The SMILES string of the molecule is CCCCC/C=C\C/C=C\CCCCCCCCCC(=O)OCCCCCCCCCCCCCC/C=C\CCCCCCCCCCC(=O)NC(COC1OC(CO)C(O)C(O)C1O)C(O)/C=C/CCCCCCCCC. The average molecular weight is 1100 g/mol. The number of hydrogen-bond donors (Lipinski definition) is 6. The van der Waals surface area contributed by atoms with Crippen molar-refractivity contribution in [3.8, 4) is 0 Å². The van der Waals surface area contributed by atoms with Crippen molar-refractivity contribution < 1.29 is 49.3 Å². The van der Waals surface area contributed by atoms with E-state index >= 15 is 0 Å². The first-order chi connectivity index (χ1) is 38.2. The lowest BCUT2D eigenvalue weighted by Gasteiger charge is -2.40. The first kappa shape index (κ1) is 73.6. The molecular formula is C67H123NO10. The van der Waals surface area contributed by atoms with Crippen LogP contribution in [0.2, 0.25) is 0 Å². The predicted molar refractivity (Wildman–Crippen MR) is 324 cm³/mol. The van der Waals surface area contributed by atoms with Crippen LogP contribution in [0.4, 0.5) is 0 Å². The van der Waals surface area contributed by atoms with Crippen molar-refractivity contribution in [2.24, 2.45) is 0 Å². The number of esters is 1. The fourth-order valence-corrected chi connectivity index (χ4v) is 10.2. The number of hydrogen-bond acceptors (Lipinski definition) is 10. The zero-order chi connectivity index (χ0) is 56.6. The third kappa shape index (κ3) is 45.3. The predicted octanol–water partition coefficient (Wildman–Crippen LogP) is 16.0. The summed E-state index contributed by atoms with van der Waals surface area (Å²) in [6, 6.07) is -0.812. The highest BCUT2D eigenvalue weighted by Gasteiger charge is 2.44. The van der Waals surface area contributed by atoms with E-state index < -0.39 is 49.5 Å². The minimum absolute atomic E-state index is 0.00668. The summed E-state index contributed by atoms with van der Waals surface area (Å²) in [5.74, 6) is -0.195. The second-order valence-electron chi connectivity index (χ2n) is 22.8. The first-order valence-corrected chi connectivity index (χ1v) is 32.9. The molecular weight excluding hydrogens is 979 g/mol. The second-order valence-corrected chi connectivity index (χ2v) is 22.8. The number of unbranched alkanes of at least 4 members (excludes halogenated alkanes) is 37. The number of carbonyl (C=O) groups is 2. The van der Waals surface area contributed by atoms with E-state index in [4.69, 9.17) is 14.2 Å². The molecule has 0 aromatic carbocycles. The van der Waals surface area contributed by atoms with Crippen LogP contribution in [0.25, 0.3) is 0 Å². The van der Waals surface area contributed by atoms with Crippen LogP contribution in [0.5, 0.6) is 0 Å². The molecule has 1 rings (SSSR count). The van der Waals surface area contributed by atoms with Gasteiger partial charge >= 0.3 is 5.97 Å². The Morgan fingerprint density at radius 2 is 0.859 bits per heavy atom. The van der Waals surface area contributed by atoms with Gasteiger partial charge in [0.25, 0.3) is 0 Å². The zero-order valence-electron chi connectivity index (χ0n) is 50.4. The number of carbonyl (C=O) groups excluding carboxylic acids is 2. The molecule has 456 valence electrons. The van der Waals surface area contributed by atoms with Crippen molar-refractivity contribution in [1.29, 1.82) is 0 Å². The van der Waals surface area contributed by atoms with Gasteiger partial charge < -0.3 is 45.1 Å². The van der Waals surface area contributed by atoms with E-state index in [0.717, 1.165) is 70.6 Å². The molecule has 1 heterocycles. The van der Waals surface area contributed by atoms with Gasteiger partial charge in [-0.15, -0.1) is 0 Å². The van der Waals surface area contributed by atoms with Crippen molar-refractivity contribution in [2.75, 3.05) is 19.8 Å². The number of aliphatic hydroxyl groups excluding tert-OH is 5. The van der Waals surface area contributed by atoms with Gasteiger partial charge in [0.05, 0.1) is 32.0 Å². The second kappa shape index (κ2) is 56.5. The molecule has 0 aliphatic carbocycles. The molecule has 11 heteroatoms. The Kier molecular flexibility index (Phi) is 53.3. The van der Waals surface area contributed by atoms with Crippen LogP contribution in [0.1, 0.15) is 303 Å². The van der Waals surface area contributed by atoms with Crippen LogP contribution in [0.15, 0.2) is 48.6 Å². The molecule has 1 aliphatic heterocycles. The van der Waals surface area contributed by atoms with Gasteiger partial charge in [-0.05, 0) is 89.9 Å². The highest BCUT2D eigenvalue weighted by atomic mass is 16.7. The molecule has 1 amide bonds. The highest BCUT2D eigenvalue weighted by molar-refractivity contribution is 5.76. The number of nitrogens with one attached hydrogen (secondary N) is 1.